The highest BCUT2D eigenvalue weighted by atomic mass is 32.2. The highest BCUT2D eigenvalue weighted by Crippen LogP contribution is 2.32. The molecule has 0 aliphatic rings. The Morgan fingerprint density at radius 2 is 1.57 bits per heavy atom. The summed E-state index contributed by atoms with van der Waals surface area (Å²) in [6.07, 6.45) is 0. The Hall–Kier alpha value is -3.30. The van der Waals surface area contributed by atoms with Crippen LogP contribution in [0.15, 0.2) is 71.6 Å². The first-order chi connectivity index (χ1) is 14.4. The van der Waals surface area contributed by atoms with Crippen LogP contribution in [0.25, 0.3) is 10.6 Å². The SMILES string of the molecule is Cc1nc(C)c(-c2cc(Oc3ccccc3)nc(NS(=O)(=O)c3ccccc3)n2)s1. The molecule has 30 heavy (non-hydrogen) atoms. The average molecular weight is 439 g/mol. The predicted octanol–water partition coefficient (Wildman–Crippen LogP) is 4.81. The smallest absolute Gasteiger partial charge is 0.264 e. The van der Waals surface area contributed by atoms with Gasteiger partial charge in [-0.25, -0.2) is 23.1 Å². The molecule has 1 N–H and O–H groups in total. The summed E-state index contributed by atoms with van der Waals surface area (Å²) in [5.74, 6) is 0.728. The molecule has 0 radical (unpaired) electrons. The number of aromatic nitrogens is 3. The summed E-state index contributed by atoms with van der Waals surface area (Å²) in [6.45, 7) is 3.79. The summed E-state index contributed by atoms with van der Waals surface area (Å²) in [7, 11) is -3.85. The third-order valence-corrected chi connectivity index (χ3v) is 6.52. The average Bonchev–Trinajstić information content (AvgIpc) is 3.07. The van der Waals surface area contributed by atoms with E-state index in [0.29, 0.717) is 11.4 Å². The second-order valence-corrected chi connectivity index (χ2v) is 9.28. The van der Waals surface area contributed by atoms with Gasteiger partial charge in [0.15, 0.2) is 0 Å². The fraction of sp³-hybridized carbons (Fsp3) is 0.0952. The van der Waals surface area contributed by atoms with Gasteiger partial charge in [-0.3, -0.25) is 0 Å². The number of benzene rings is 2. The van der Waals surface area contributed by atoms with Crippen molar-refractivity contribution < 1.29 is 13.2 Å². The summed E-state index contributed by atoms with van der Waals surface area (Å²) in [5.41, 5.74) is 1.34. The minimum atomic E-state index is -3.85. The van der Waals surface area contributed by atoms with Crippen molar-refractivity contribution in [1.29, 1.82) is 0 Å². The molecule has 9 heteroatoms. The van der Waals surface area contributed by atoms with Gasteiger partial charge >= 0.3 is 0 Å². The molecular formula is C21H18N4O3S2. The van der Waals surface area contributed by atoms with Gasteiger partial charge in [-0.05, 0) is 38.1 Å². The molecule has 0 bridgehead atoms. The summed E-state index contributed by atoms with van der Waals surface area (Å²) in [5, 5.41) is 0.887. The maximum absolute atomic E-state index is 12.7. The summed E-state index contributed by atoms with van der Waals surface area (Å²) >= 11 is 1.47. The van der Waals surface area contributed by atoms with Gasteiger partial charge in [-0.1, -0.05) is 36.4 Å². The molecule has 152 valence electrons. The molecule has 0 amide bonds. The first-order valence-corrected chi connectivity index (χ1v) is 11.3. The molecule has 4 aromatic rings. The molecule has 0 saturated heterocycles. The van der Waals surface area contributed by atoms with Gasteiger partial charge in [-0.2, -0.15) is 4.98 Å². The van der Waals surface area contributed by atoms with Crippen molar-refractivity contribution >= 4 is 27.3 Å². The third-order valence-electron chi connectivity index (χ3n) is 4.08. The van der Waals surface area contributed by atoms with Crippen molar-refractivity contribution in [3.05, 3.63) is 77.4 Å². The highest BCUT2D eigenvalue weighted by molar-refractivity contribution is 7.92. The van der Waals surface area contributed by atoms with E-state index in [2.05, 4.69) is 19.7 Å². The molecule has 2 heterocycles. The number of rotatable bonds is 6. The van der Waals surface area contributed by atoms with Crippen molar-refractivity contribution in [2.75, 3.05) is 4.72 Å². The lowest BCUT2D eigenvalue weighted by Crippen LogP contribution is -2.15. The van der Waals surface area contributed by atoms with E-state index in [1.807, 2.05) is 32.0 Å². The maximum atomic E-state index is 12.7. The molecule has 7 nitrogen and oxygen atoms in total. The number of aryl methyl sites for hydroxylation is 2. The Labute approximate surface area is 178 Å². The largest absolute Gasteiger partial charge is 0.439 e. The molecule has 0 unspecified atom stereocenters. The molecule has 0 atom stereocenters. The van der Waals surface area contributed by atoms with Crippen LogP contribution in [-0.4, -0.2) is 23.4 Å². The van der Waals surface area contributed by atoms with Crippen LogP contribution < -0.4 is 9.46 Å². The van der Waals surface area contributed by atoms with Crippen molar-refractivity contribution in [2.45, 2.75) is 18.7 Å². The van der Waals surface area contributed by atoms with Gasteiger partial charge in [0.05, 0.1) is 26.2 Å². The van der Waals surface area contributed by atoms with Gasteiger partial charge in [0.2, 0.25) is 11.8 Å². The van der Waals surface area contributed by atoms with Crippen LogP contribution in [-0.2, 0) is 10.0 Å². The Bertz CT molecular complexity index is 1270. The summed E-state index contributed by atoms with van der Waals surface area (Å²) in [6, 6.07) is 18.9. The first-order valence-electron chi connectivity index (χ1n) is 9.05. The van der Waals surface area contributed by atoms with Crippen LogP contribution in [0.1, 0.15) is 10.7 Å². The Morgan fingerprint density at radius 3 is 2.20 bits per heavy atom. The summed E-state index contributed by atoms with van der Waals surface area (Å²) in [4.78, 5) is 14.1. The number of thiazole rings is 1. The lowest BCUT2D eigenvalue weighted by molar-refractivity contribution is 0.463. The number of hydrogen-bond acceptors (Lipinski definition) is 7. The minimum absolute atomic E-state index is 0.0762. The summed E-state index contributed by atoms with van der Waals surface area (Å²) < 4.78 is 33.8. The molecule has 2 aromatic carbocycles. The second-order valence-electron chi connectivity index (χ2n) is 6.40. The normalized spacial score (nSPS) is 11.3. The van der Waals surface area contributed by atoms with Crippen LogP contribution in [0.2, 0.25) is 0 Å². The van der Waals surface area contributed by atoms with Crippen molar-refractivity contribution in [1.82, 2.24) is 15.0 Å². The topological polar surface area (TPSA) is 94.1 Å². The number of sulfonamides is 1. The van der Waals surface area contributed by atoms with E-state index in [1.54, 1.807) is 36.4 Å². The Kier molecular flexibility index (Phi) is 5.47. The second kappa shape index (κ2) is 8.21. The molecule has 0 saturated carbocycles. The lowest BCUT2D eigenvalue weighted by Gasteiger charge is -2.11. The van der Waals surface area contributed by atoms with Gasteiger partial charge in [0, 0.05) is 6.07 Å². The van der Waals surface area contributed by atoms with E-state index >= 15 is 0 Å². The number of anilines is 1. The van der Waals surface area contributed by atoms with Gasteiger partial charge in [0.1, 0.15) is 5.75 Å². The van der Waals surface area contributed by atoms with E-state index in [1.165, 1.54) is 23.5 Å². The van der Waals surface area contributed by atoms with Crippen LogP contribution in [0.5, 0.6) is 11.6 Å². The molecule has 0 spiro atoms. The van der Waals surface area contributed by atoms with Crippen molar-refractivity contribution in [3.8, 4) is 22.2 Å². The number of nitrogens with zero attached hydrogens (tertiary/aromatic N) is 3. The zero-order chi connectivity index (χ0) is 21.1. The molecular weight excluding hydrogens is 420 g/mol. The minimum Gasteiger partial charge on any atom is -0.439 e. The highest BCUT2D eigenvalue weighted by Gasteiger charge is 2.19. The Morgan fingerprint density at radius 1 is 0.900 bits per heavy atom. The number of hydrogen-bond donors (Lipinski definition) is 1. The maximum Gasteiger partial charge on any atom is 0.264 e. The fourth-order valence-corrected chi connectivity index (χ4v) is 4.64. The number of ether oxygens (including phenoxy) is 1. The first kappa shape index (κ1) is 20.0. The molecule has 4 rings (SSSR count). The van der Waals surface area contributed by atoms with Crippen LogP contribution >= 0.6 is 11.3 Å². The van der Waals surface area contributed by atoms with Gasteiger partial charge in [-0.15, -0.1) is 11.3 Å². The number of nitrogens with one attached hydrogen (secondary N) is 1. The number of para-hydroxylation sites is 1. The van der Waals surface area contributed by atoms with E-state index in [9.17, 15) is 8.42 Å². The van der Waals surface area contributed by atoms with Gasteiger partial charge < -0.3 is 4.74 Å². The third kappa shape index (κ3) is 4.47. The van der Waals surface area contributed by atoms with Crippen molar-refractivity contribution in [2.24, 2.45) is 0 Å². The van der Waals surface area contributed by atoms with Gasteiger partial charge in [0.25, 0.3) is 10.0 Å². The molecule has 0 aliphatic carbocycles. The van der Waals surface area contributed by atoms with Crippen LogP contribution in [0.4, 0.5) is 5.95 Å². The lowest BCUT2D eigenvalue weighted by atomic mass is 10.3. The molecule has 2 aromatic heterocycles. The predicted molar refractivity (Wildman–Crippen MR) is 116 cm³/mol. The zero-order valence-corrected chi connectivity index (χ0v) is 17.9. The van der Waals surface area contributed by atoms with Crippen molar-refractivity contribution in [3.63, 3.8) is 0 Å². The van der Waals surface area contributed by atoms with E-state index < -0.39 is 10.0 Å². The molecule has 0 aliphatic heterocycles. The quantitative estimate of drug-likeness (QED) is 0.464. The molecule has 0 fully saturated rings. The standard InChI is InChI=1S/C21H18N4O3S2/c1-14-20(29-15(2)22-14)18-13-19(28-16-9-5-3-6-10-16)24-21(23-18)25-30(26,27)17-11-7-4-8-12-17/h3-13H,1-2H3,(H,23,24,25). The fourth-order valence-electron chi connectivity index (χ4n) is 2.80. The van der Waals surface area contributed by atoms with E-state index in [-0.39, 0.29) is 16.7 Å². The monoisotopic (exact) mass is 438 g/mol. The Balaban J connectivity index is 1.76. The van der Waals surface area contributed by atoms with Crippen LogP contribution in [0.3, 0.4) is 0 Å². The van der Waals surface area contributed by atoms with E-state index in [4.69, 9.17) is 4.74 Å². The van der Waals surface area contributed by atoms with Crippen LogP contribution in [0, 0.1) is 13.8 Å². The van der Waals surface area contributed by atoms with E-state index in [0.717, 1.165) is 15.6 Å². The zero-order valence-electron chi connectivity index (χ0n) is 16.2.